The third kappa shape index (κ3) is 6.37. The predicted octanol–water partition coefficient (Wildman–Crippen LogP) is 1.80. The Labute approximate surface area is 161 Å². The molecule has 7 heteroatoms. The van der Waals surface area contributed by atoms with E-state index < -0.39 is 0 Å². The van der Waals surface area contributed by atoms with Gasteiger partial charge in [0.1, 0.15) is 12.4 Å². The molecule has 1 aliphatic rings. The lowest BCUT2D eigenvalue weighted by molar-refractivity contribution is 0.280. The van der Waals surface area contributed by atoms with Gasteiger partial charge in [-0.25, -0.2) is 0 Å². The third-order valence-corrected chi connectivity index (χ3v) is 4.37. The predicted molar refractivity (Wildman–Crippen MR) is 107 cm³/mol. The topological polar surface area (TPSA) is 62.8 Å². The molecule has 0 saturated carbocycles. The summed E-state index contributed by atoms with van der Waals surface area (Å²) < 4.78 is 11.6. The van der Waals surface area contributed by atoms with Crippen LogP contribution in [0.4, 0.5) is 5.82 Å². The molecular weight excluding hydrogens is 342 g/mol. The first-order chi connectivity index (χ1) is 13.2. The lowest BCUT2D eigenvalue weighted by atomic mass is 10.2. The average Bonchev–Trinajstić information content (AvgIpc) is 2.71. The Morgan fingerprint density at radius 1 is 1.07 bits per heavy atom. The highest BCUT2D eigenvalue weighted by Gasteiger charge is 2.12. The van der Waals surface area contributed by atoms with Crippen LogP contribution in [0.15, 0.2) is 36.7 Å². The van der Waals surface area contributed by atoms with Crippen LogP contribution in [-0.2, 0) is 6.61 Å². The highest BCUT2D eigenvalue weighted by atomic mass is 16.5. The number of piperazine rings is 1. The number of benzene rings is 1. The van der Waals surface area contributed by atoms with Crippen molar-refractivity contribution < 1.29 is 9.47 Å². The van der Waals surface area contributed by atoms with Gasteiger partial charge < -0.3 is 24.6 Å². The number of rotatable bonds is 9. The van der Waals surface area contributed by atoms with Crippen LogP contribution < -0.4 is 19.7 Å². The second-order valence-electron chi connectivity index (χ2n) is 6.89. The normalized spacial score (nSPS) is 14.4. The van der Waals surface area contributed by atoms with E-state index in [1.54, 1.807) is 12.4 Å². The van der Waals surface area contributed by atoms with Crippen LogP contribution in [-0.4, -0.2) is 68.3 Å². The molecule has 7 nitrogen and oxygen atoms in total. The zero-order valence-electron chi connectivity index (χ0n) is 16.2. The number of ether oxygens (including phenoxy) is 2. The molecule has 146 valence electrons. The van der Waals surface area contributed by atoms with Gasteiger partial charge >= 0.3 is 0 Å². The van der Waals surface area contributed by atoms with E-state index in [4.69, 9.17) is 9.47 Å². The van der Waals surface area contributed by atoms with Crippen LogP contribution in [0.1, 0.15) is 12.0 Å². The number of hydrogen-bond acceptors (Lipinski definition) is 7. The molecule has 1 N–H and O–H groups in total. The van der Waals surface area contributed by atoms with Crippen molar-refractivity contribution in [2.75, 3.05) is 58.3 Å². The van der Waals surface area contributed by atoms with Crippen LogP contribution in [0.5, 0.6) is 11.6 Å². The average molecular weight is 371 g/mol. The van der Waals surface area contributed by atoms with Gasteiger partial charge in [-0.05, 0) is 38.2 Å². The Kier molecular flexibility index (Phi) is 7.24. The van der Waals surface area contributed by atoms with Crippen molar-refractivity contribution in [2.24, 2.45) is 0 Å². The van der Waals surface area contributed by atoms with Crippen molar-refractivity contribution in [1.82, 2.24) is 20.2 Å². The number of nitrogens with one attached hydrogen (secondary N) is 1. The Bertz CT molecular complexity index is 687. The van der Waals surface area contributed by atoms with Crippen molar-refractivity contribution in [3.8, 4) is 11.6 Å². The summed E-state index contributed by atoms with van der Waals surface area (Å²) in [5.41, 5.74) is 1.07. The highest BCUT2D eigenvalue weighted by molar-refractivity contribution is 5.38. The molecule has 1 aliphatic heterocycles. The first-order valence-corrected chi connectivity index (χ1v) is 9.48. The van der Waals surface area contributed by atoms with Crippen molar-refractivity contribution in [3.63, 3.8) is 0 Å². The Morgan fingerprint density at radius 3 is 2.59 bits per heavy atom. The maximum atomic E-state index is 5.83. The smallest absolute Gasteiger partial charge is 0.234 e. The monoisotopic (exact) mass is 371 g/mol. The summed E-state index contributed by atoms with van der Waals surface area (Å²) in [4.78, 5) is 13.2. The molecule has 0 spiro atoms. The largest absolute Gasteiger partial charge is 0.494 e. The van der Waals surface area contributed by atoms with E-state index in [9.17, 15) is 0 Å². The van der Waals surface area contributed by atoms with Gasteiger partial charge in [-0.2, -0.15) is 4.98 Å². The van der Waals surface area contributed by atoms with Gasteiger partial charge in [0.05, 0.1) is 19.0 Å². The molecule has 0 radical (unpaired) electrons. The van der Waals surface area contributed by atoms with E-state index >= 15 is 0 Å². The molecule has 0 amide bonds. The fourth-order valence-corrected chi connectivity index (χ4v) is 2.86. The molecule has 1 fully saturated rings. The number of nitrogens with zero attached hydrogens (tertiary/aromatic N) is 4. The molecule has 0 aliphatic carbocycles. The van der Waals surface area contributed by atoms with Gasteiger partial charge in [0.2, 0.25) is 5.88 Å². The molecule has 1 saturated heterocycles. The van der Waals surface area contributed by atoms with Gasteiger partial charge in [0.25, 0.3) is 0 Å². The fraction of sp³-hybridized carbons (Fsp3) is 0.500. The molecule has 0 atom stereocenters. The van der Waals surface area contributed by atoms with Crippen molar-refractivity contribution in [1.29, 1.82) is 0 Å². The van der Waals surface area contributed by atoms with Crippen LogP contribution in [0.2, 0.25) is 0 Å². The number of aromatic nitrogens is 2. The molecule has 2 heterocycles. The summed E-state index contributed by atoms with van der Waals surface area (Å²) in [5, 5.41) is 3.34. The standard InChI is InChI=1S/C20H29N5O2/c1-24(2)10-3-13-26-18-6-4-17(5-7-18)16-27-20-15-22-14-19(23-20)25-11-8-21-9-12-25/h4-7,14-15,21H,3,8-13,16H2,1-2H3. The van der Waals surface area contributed by atoms with E-state index in [0.717, 1.165) is 62.9 Å². The SMILES string of the molecule is CN(C)CCCOc1ccc(COc2cncc(N3CCNCC3)n2)cc1. The molecule has 1 aromatic heterocycles. The van der Waals surface area contributed by atoms with Crippen LogP contribution in [0, 0.1) is 0 Å². The zero-order chi connectivity index (χ0) is 18.9. The Hall–Kier alpha value is -2.38. The second kappa shape index (κ2) is 10.1. The molecule has 0 unspecified atom stereocenters. The first kappa shape index (κ1) is 19.4. The second-order valence-corrected chi connectivity index (χ2v) is 6.89. The minimum atomic E-state index is 0.459. The number of anilines is 1. The lowest BCUT2D eigenvalue weighted by Crippen LogP contribution is -2.43. The van der Waals surface area contributed by atoms with Crippen molar-refractivity contribution in [3.05, 3.63) is 42.2 Å². The molecule has 1 aromatic carbocycles. The molecule has 2 aromatic rings. The number of hydrogen-bond donors (Lipinski definition) is 1. The molecule has 27 heavy (non-hydrogen) atoms. The maximum absolute atomic E-state index is 5.83. The van der Waals surface area contributed by atoms with E-state index in [1.165, 1.54) is 0 Å². The Morgan fingerprint density at radius 2 is 1.85 bits per heavy atom. The van der Waals surface area contributed by atoms with Crippen LogP contribution in [0.25, 0.3) is 0 Å². The van der Waals surface area contributed by atoms with Gasteiger partial charge in [-0.1, -0.05) is 12.1 Å². The van der Waals surface area contributed by atoms with Crippen LogP contribution >= 0.6 is 0 Å². The summed E-state index contributed by atoms with van der Waals surface area (Å²) in [7, 11) is 4.14. The molecular formula is C20H29N5O2. The van der Waals surface area contributed by atoms with Gasteiger partial charge in [0, 0.05) is 32.7 Å². The van der Waals surface area contributed by atoms with Gasteiger partial charge in [0.15, 0.2) is 5.82 Å². The Balaban J connectivity index is 1.47. The summed E-state index contributed by atoms with van der Waals surface area (Å²) in [6, 6.07) is 8.01. The quantitative estimate of drug-likeness (QED) is 0.674. The van der Waals surface area contributed by atoms with E-state index in [-0.39, 0.29) is 0 Å². The maximum Gasteiger partial charge on any atom is 0.234 e. The lowest BCUT2D eigenvalue weighted by Gasteiger charge is -2.28. The summed E-state index contributed by atoms with van der Waals surface area (Å²) in [6.07, 6.45) is 4.47. The van der Waals surface area contributed by atoms with E-state index in [2.05, 4.69) is 39.2 Å². The van der Waals surface area contributed by atoms with Crippen LogP contribution in [0.3, 0.4) is 0 Å². The first-order valence-electron chi connectivity index (χ1n) is 9.48. The van der Waals surface area contributed by atoms with Gasteiger partial charge in [-0.15, -0.1) is 0 Å². The third-order valence-electron chi connectivity index (χ3n) is 4.37. The summed E-state index contributed by atoms with van der Waals surface area (Å²) in [5.74, 6) is 2.31. The van der Waals surface area contributed by atoms with Crippen molar-refractivity contribution in [2.45, 2.75) is 13.0 Å². The molecule has 3 rings (SSSR count). The summed E-state index contributed by atoms with van der Waals surface area (Å²) >= 11 is 0. The minimum absolute atomic E-state index is 0.459. The zero-order valence-corrected chi connectivity index (χ0v) is 16.2. The molecule has 0 bridgehead atoms. The summed E-state index contributed by atoms with van der Waals surface area (Å²) in [6.45, 7) is 6.03. The van der Waals surface area contributed by atoms with E-state index in [0.29, 0.717) is 12.5 Å². The van der Waals surface area contributed by atoms with E-state index in [1.807, 2.05) is 24.3 Å². The van der Waals surface area contributed by atoms with Crippen molar-refractivity contribution >= 4 is 5.82 Å². The minimum Gasteiger partial charge on any atom is -0.494 e. The van der Waals surface area contributed by atoms with Gasteiger partial charge in [-0.3, -0.25) is 4.98 Å². The fourth-order valence-electron chi connectivity index (χ4n) is 2.86. The highest BCUT2D eigenvalue weighted by Crippen LogP contribution is 2.17.